The number of esters is 1. The summed E-state index contributed by atoms with van der Waals surface area (Å²) in [5.41, 5.74) is 1.67. The van der Waals surface area contributed by atoms with Gasteiger partial charge in [0.25, 0.3) is 0 Å². The minimum atomic E-state index is -0.377. The summed E-state index contributed by atoms with van der Waals surface area (Å²) in [6.07, 6.45) is 5.72. The van der Waals surface area contributed by atoms with Crippen molar-refractivity contribution in [3.63, 3.8) is 0 Å². The van der Waals surface area contributed by atoms with Crippen LogP contribution >= 0.6 is 11.3 Å². The summed E-state index contributed by atoms with van der Waals surface area (Å²) < 4.78 is 7.94. The molecule has 0 radical (unpaired) electrons. The third-order valence-electron chi connectivity index (χ3n) is 6.51. The predicted molar refractivity (Wildman–Crippen MR) is 116 cm³/mol. The number of fused-ring (bicyclic) bond motifs is 2. The Morgan fingerprint density at radius 3 is 2.90 bits per heavy atom. The molecule has 152 valence electrons. The molecule has 1 atom stereocenters. The summed E-state index contributed by atoms with van der Waals surface area (Å²) in [5, 5.41) is 3.14. The third kappa shape index (κ3) is 2.78. The number of benzene rings is 1. The van der Waals surface area contributed by atoms with Crippen molar-refractivity contribution in [3.8, 4) is 0 Å². The lowest BCUT2D eigenvalue weighted by molar-refractivity contribution is -0.150. The number of anilines is 1. The average Bonchev–Trinajstić information content (AvgIpc) is 3.48. The van der Waals surface area contributed by atoms with Crippen molar-refractivity contribution in [2.24, 2.45) is 5.41 Å². The molecule has 8 heteroatoms. The largest absolute Gasteiger partial charge is 0.460 e. The zero-order chi connectivity index (χ0) is 20.1. The molecule has 1 unspecified atom stereocenters. The summed E-state index contributed by atoms with van der Waals surface area (Å²) in [6.45, 7) is 2.26. The average molecular weight is 420 g/mol. The van der Waals surface area contributed by atoms with E-state index in [1.807, 2.05) is 29.9 Å². The van der Waals surface area contributed by atoms with Crippen LogP contribution in [0.5, 0.6) is 0 Å². The molecule has 0 amide bonds. The van der Waals surface area contributed by atoms with E-state index in [1.54, 1.807) is 17.7 Å². The number of ether oxygens (including phenoxy) is 1. The van der Waals surface area contributed by atoms with Crippen LogP contribution in [0.2, 0.25) is 0 Å². The van der Waals surface area contributed by atoms with E-state index in [4.69, 9.17) is 4.74 Å². The highest BCUT2D eigenvalue weighted by atomic mass is 32.1. The van der Waals surface area contributed by atoms with Gasteiger partial charge in [0.1, 0.15) is 23.1 Å². The van der Waals surface area contributed by atoms with E-state index in [-0.39, 0.29) is 17.5 Å². The molecule has 0 bridgehead atoms. The first kappa shape index (κ1) is 17.8. The van der Waals surface area contributed by atoms with Crippen molar-refractivity contribution in [2.45, 2.75) is 31.9 Å². The fourth-order valence-corrected chi connectivity index (χ4v) is 5.63. The first-order valence-electron chi connectivity index (χ1n) is 10.3. The Kier molecular flexibility index (Phi) is 4.02. The highest BCUT2D eigenvalue weighted by Gasteiger charge is 2.50. The van der Waals surface area contributed by atoms with Crippen molar-refractivity contribution in [1.82, 2.24) is 19.5 Å². The molecule has 4 aromatic rings. The quantitative estimate of drug-likeness (QED) is 0.472. The molecule has 1 aromatic carbocycles. The van der Waals surface area contributed by atoms with Gasteiger partial charge in [0.15, 0.2) is 0 Å². The van der Waals surface area contributed by atoms with Gasteiger partial charge in [-0.1, -0.05) is 12.1 Å². The number of nitrogens with zero attached hydrogens (tertiary/aromatic N) is 5. The first-order valence-corrected chi connectivity index (χ1v) is 11.1. The van der Waals surface area contributed by atoms with E-state index in [1.165, 1.54) is 0 Å². The molecule has 0 N–H and O–H groups in total. The van der Waals surface area contributed by atoms with Crippen LogP contribution in [0.1, 0.15) is 19.3 Å². The molecule has 7 nitrogen and oxygen atoms in total. The number of cyclic esters (lactones) is 1. The van der Waals surface area contributed by atoms with E-state index in [0.29, 0.717) is 6.54 Å². The van der Waals surface area contributed by atoms with E-state index < -0.39 is 0 Å². The van der Waals surface area contributed by atoms with Crippen LogP contribution in [0, 0.1) is 5.41 Å². The summed E-state index contributed by atoms with van der Waals surface area (Å²) in [6, 6.07) is 10.1. The van der Waals surface area contributed by atoms with Gasteiger partial charge >= 0.3 is 5.97 Å². The van der Waals surface area contributed by atoms with Crippen molar-refractivity contribution in [2.75, 3.05) is 18.0 Å². The van der Waals surface area contributed by atoms with Gasteiger partial charge in [-0.25, -0.2) is 15.0 Å². The van der Waals surface area contributed by atoms with Gasteiger partial charge in [0.05, 0.1) is 34.7 Å². The summed E-state index contributed by atoms with van der Waals surface area (Å²) in [4.78, 5) is 29.5. The monoisotopic (exact) mass is 419 g/mol. The van der Waals surface area contributed by atoms with Crippen LogP contribution in [-0.4, -0.2) is 44.7 Å². The molecule has 2 saturated heterocycles. The number of piperidine rings is 1. The van der Waals surface area contributed by atoms with Gasteiger partial charge in [-0.3, -0.25) is 4.79 Å². The van der Waals surface area contributed by atoms with Gasteiger partial charge in [0.2, 0.25) is 0 Å². The third-order valence-corrected chi connectivity index (χ3v) is 7.33. The van der Waals surface area contributed by atoms with Gasteiger partial charge < -0.3 is 14.2 Å². The molecule has 2 aliphatic rings. The predicted octanol–water partition coefficient (Wildman–Crippen LogP) is 3.64. The van der Waals surface area contributed by atoms with Crippen LogP contribution in [0.15, 0.2) is 48.4 Å². The Morgan fingerprint density at radius 1 is 1.13 bits per heavy atom. The van der Waals surface area contributed by atoms with Crippen LogP contribution in [0.25, 0.3) is 21.3 Å². The zero-order valence-corrected chi connectivity index (χ0v) is 17.2. The number of carbonyl (C=O) groups excluding carboxylic acids is 1. The fourth-order valence-electron chi connectivity index (χ4n) is 4.90. The summed E-state index contributed by atoms with van der Waals surface area (Å²) >= 11 is 1.63. The molecular weight excluding hydrogens is 398 g/mol. The second-order valence-electron chi connectivity index (χ2n) is 8.22. The normalized spacial score (nSPS) is 21.0. The van der Waals surface area contributed by atoms with Crippen molar-refractivity contribution < 1.29 is 9.53 Å². The van der Waals surface area contributed by atoms with Crippen LogP contribution in [0.3, 0.4) is 0 Å². The lowest BCUT2D eigenvalue weighted by Gasteiger charge is -2.37. The Hall–Kier alpha value is -3.00. The van der Waals surface area contributed by atoms with E-state index >= 15 is 0 Å². The molecule has 0 saturated carbocycles. The lowest BCUT2D eigenvalue weighted by atomic mass is 9.76. The fraction of sp³-hybridized carbons (Fsp3) is 0.364. The maximum Gasteiger partial charge on any atom is 0.312 e. The Morgan fingerprint density at radius 2 is 2.00 bits per heavy atom. The van der Waals surface area contributed by atoms with Crippen molar-refractivity contribution in [3.05, 3.63) is 48.4 Å². The molecule has 2 aliphatic heterocycles. The van der Waals surface area contributed by atoms with E-state index in [9.17, 15) is 4.79 Å². The lowest BCUT2D eigenvalue weighted by Crippen LogP contribution is -2.43. The standard InChI is InChI=1S/C22H21N5O2S/c28-21-22(11-15(29-21)12-27-14-25-17-3-1-2-4-18(17)27)6-8-26(9-7-22)19-16-5-10-30-20(16)24-13-23-19/h1-5,10,13-15H,6-9,11-12H2. The number of hydrogen-bond acceptors (Lipinski definition) is 7. The molecule has 1 spiro atoms. The van der Waals surface area contributed by atoms with Crippen LogP contribution < -0.4 is 4.90 Å². The van der Waals surface area contributed by atoms with Crippen LogP contribution in [-0.2, 0) is 16.1 Å². The number of para-hydroxylation sites is 2. The van der Waals surface area contributed by atoms with Crippen molar-refractivity contribution in [1.29, 1.82) is 0 Å². The highest BCUT2D eigenvalue weighted by molar-refractivity contribution is 7.16. The number of hydrogen-bond donors (Lipinski definition) is 0. The van der Waals surface area contributed by atoms with Gasteiger partial charge in [-0.15, -0.1) is 11.3 Å². The summed E-state index contributed by atoms with van der Waals surface area (Å²) in [7, 11) is 0. The Balaban J connectivity index is 1.18. The Labute approximate surface area is 177 Å². The first-order chi connectivity index (χ1) is 14.7. The van der Waals surface area contributed by atoms with Crippen molar-refractivity contribution >= 4 is 44.4 Å². The van der Waals surface area contributed by atoms with Gasteiger partial charge in [-0.2, -0.15) is 0 Å². The maximum absolute atomic E-state index is 12.9. The number of thiophene rings is 1. The Bertz CT molecular complexity index is 1240. The number of aromatic nitrogens is 4. The van der Waals surface area contributed by atoms with E-state index in [2.05, 4.69) is 36.6 Å². The second kappa shape index (κ2) is 6.77. The highest BCUT2D eigenvalue weighted by Crippen LogP contribution is 2.44. The summed E-state index contributed by atoms with van der Waals surface area (Å²) in [5.74, 6) is 0.934. The van der Waals surface area contributed by atoms with Gasteiger partial charge in [0, 0.05) is 19.5 Å². The minimum Gasteiger partial charge on any atom is -0.460 e. The molecule has 6 rings (SSSR count). The molecule has 5 heterocycles. The SMILES string of the molecule is O=C1OC(Cn2cnc3ccccc32)CC12CCN(c1ncnc3sccc13)CC2. The number of rotatable bonds is 3. The zero-order valence-electron chi connectivity index (χ0n) is 16.4. The number of carbonyl (C=O) groups is 1. The smallest absolute Gasteiger partial charge is 0.312 e. The van der Waals surface area contributed by atoms with Gasteiger partial charge in [-0.05, 0) is 36.4 Å². The maximum atomic E-state index is 12.9. The van der Waals surface area contributed by atoms with Crippen LogP contribution in [0.4, 0.5) is 5.82 Å². The topological polar surface area (TPSA) is 73.1 Å². The minimum absolute atomic E-state index is 0.0417. The molecule has 30 heavy (non-hydrogen) atoms. The number of imidazole rings is 1. The molecule has 2 fully saturated rings. The molecule has 3 aromatic heterocycles. The van der Waals surface area contributed by atoms with E-state index in [0.717, 1.165) is 59.4 Å². The molecule has 0 aliphatic carbocycles. The second-order valence-corrected chi connectivity index (χ2v) is 9.12. The molecular formula is C22H21N5O2S.